The lowest BCUT2D eigenvalue weighted by molar-refractivity contribution is 0.0683. The topological polar surface area (TPSA) is 43.8 Å². The molecule has 21 heavy (non-hydrogen) atoms. The second kappa shape index (κ2) is 7.60. The van der Waals surface area contributed by atoms with E-state index in [1.165, 1.54) is 11.3 Å². The van der Waals surface area contributed by atoms with Gasteiger partial charge in [-0.3, -0.25) is 4.79 Å². The highest BCUT2D eigenvalue weighted by atomic mass is 32.1. The van der Waals surface area contributed by atoms with Crippen LogP contribution in [0.25, 0.3) is 0 Å². The van der Waals surface area contributed by atoms with Gasteiger partial charge in [-0.1, -0.05) is 11.8 Å². The molecule has 1 aromatic heterocycles. The van der Waals surface area contributed by atoms with Crippen molar-refractivity contribution in [2.45, 2.75) is 12.8 Å². The minimum atomic E-state index is -0.152. The molecule has 5 heteroatoms. The van der Waals surface area contributed by atoms with Crippen LogP contribution >= 0.6 is 11.3 Å². The van der Waals surface area contributed by atoms with Crippen molar-refractivity contribution in [3.05, 3.63) is 21.9 Å². The molecule has 1 saturated heterocycles. The molecule has 0 spiro atoms. The fourth-order valence-electron chi connectivity index (χ4n) is 2.64. The van der Waals surface area contributed by atoms with Gasteiger partial charge in [0.15, 0.2) is 0 Å². The number of thiophene rings is 1. The predicted octanol–water partition coefficient (Wildman–Crippen LogP) is 1.51. The van der Waals surface area contributed by atoms with Crippen LogP contribution in [0.15, 0.2) is 12.1 Å². The lowest BCUT2D eigenvalue weighted by Gasteiger charge is -2.33. The van der Waals surface area contributed by atoms with Gasteiger partial charge < -0.3 is 14.9 Å². The Morgan fingerprint density at radius 2 is 2.14 bits per heavy atom. The molecule has 0 radical (unpaired) electrons. The maximum atomic E-state index is 12.4. The molecule has 0 aromatic carbocycles. The van der Waals surface area contributed by atoms with E-state index in [1.807, 2.05) is 17.0 Å². The Bertz CT molecular complexity index is 534. The van der Waals surface area contributed by atoms with E-state index in [1.54, 1.807) is 0 Å². The molecule has 1 fully saturated rings. The Morgan fingerprint density at radius 1 is 1.43 bits per heavy atom. The van der Waals surface area contributed by atoms with E-state index >= 15 is 0 Å². The second-order valence-corrected chi connectivity index (χ2v) is 6.71. The van der Waals surface area contributed by atoms with Crippen LogP contribution in [0.1, 0.15) is 27.4 Å². The largest absolute Gasteiger partial charge is 0.384 e. The number of aliphatic hydroxyl groups excluding tert-OH is 1. The monoisotopic (exact) mass is 306 g/mol. The van der Waals surface area contributed by atoms with Gasteiger partial charge in [0, 0.05) is 19.6 Å². The Morgan fingerprint density at radius 3 is 2.76 bits per heavy atom. The molecule has 2 rings (SSSR count). The van der Waals surface area contributed by atoms with Crippen molar-refractivity contribution in [2.75, 3.05) is 40.3 Å². The molecule has 0 saturated carbocycles. The van der Waals surface area contributed by atoms with Crippen molar-refractivity contribution < 1.29 is 9.90 Å². The first-order valence-electron chi connectivity index (χ1n) is 7.23. The summed E-state index contributed by atoms with van der Waals surface area (Å²) in [7, 11) is 4.19. The van der Waals surface area contributed by atoms with Gasteiger partial charge in [-0.15, -0.1) is 11.3 Å². The maximum Gasteiger partial charge on any atom is 0.263 e. The van der Waals surface area contributed by atoms with Crippen molar-refractivity contribution in [1.82, 2.24) is 9.80 Å². The van der Waals surface area contributed by atoms with Crippen molar-refractivity contribution >= 4 is 17.2 Å². The lowest BCUT2D eigenvalue weighted by atomic mass is 9.96. The number of amides is 1. The zero-order valence-electron chi connectivity index (χ0n) is 12.6. The standard InChI is InChI=1S/C16H22N2O2S/c1-17(2)12-13-7-9-18(10-8-13)16(20)15-6-5-14(21-15)4-3-11-19/h5-6,13,19H,7-12H2,1-2H3. The van der Waals surface area contributed by atoms with E-state index < -0.39 is 0 Å². The number of nitrogens with zero attached hydrogens (tertiary/aromatic N) is 2. The number of piperidine rings is 1. The van der Waals surface area contributed by atoms with Crippen LogP contribution in [0.2, 0.25) is 0 Å². The Balaban J connectivity index is 1.91. The number of carbonyl (C=O) groups excluding carboxylic acids is 1. The Kier molecular flexibility index (Phi) is 5.80. The molecule has 0 aliphatic carbocycles. The van der Waals surface area contributed by atoms with Crippen LogP contribution in [-0.2, 0) is 0 Å². The average Bonchev–Trinajstić information content (AvgIpc) is 2.93. The normalized spacial score (nSPS) is 15.9. The van der Waals surface area contributed by atoms with Crippen molar-refractivity contribution in [3.8, 4) is 11.8 Å². The summed E-state index contributed by atoms with van der Waals surface area (Å²) in [6.07, 6.45) is 2.15. The molecule has 0 atom stereocenters. The summed E-state index contributed by atoms with van der Waals surface area (Å²) in [5.74, 6) is 6.25. The van der Waals surface area contributed by atoms with Crippen molar-refractivity contribution in [2.24, 2.45) is 5.92 Å². The smallest absolute Gasteiger partial charge is 0.263 e. The molecule has 0 bridgehead atoms. The van der Waals surface area contributed by atoms with Crippen LogP contribution in [0.5, 0.6) is 0 Å². The highest BCUT2D eigenvalue weighted by Gasteiger charge is 2.24. The molecule has 1 N–H and O–H groups in total. The zero-order chi connectivity index (χ0) is 15.2. The van der Waals surface area contributed by atoms with Gasteiger partial charge in [0.05, 0.1) is 9.75 Å². The third-order valence-electron chi connectivity index (χ3n) is 3.63. The maximum absolute atomic E-state index is 12.4. The van der Waals surface area contributed by atoms with Crippen LogP contribution in [0, 0.1) is 17.8 Å². The van der Waals surface area contributed by atoms with Gasteiger partial charge in [-0.25, -0.2) is 0 Å². The number of hydrogen-bond donors (Lipinski definition) is 1. The van der Waals surface area contributed by atoms with Gasteiger partial charge in [0.1, 0.15) is 6.61 Å². The summed E-state index contributed by atoms with van der Waals surface area (Å²) in [4.78, 5) is 18.2. The molecule has 0 unspecified atom stereocenters. The predicted molar refractivity (Wildman–Crippen MR) is 85.5 cm³/mol. The van der Waals surface area contributed by atoms with Crippen LogP contribution in [0.3, 0.4) is 0 Å². The van der Waals surface area contributed by atoms with Crippen LogP contribution in [-0.4, -0.2) is 61.2 Å². The van der Waals surface area contributed by atoms with E-state index in [4.69, 9.17) is 5.11 Å². The highest BCUT2D eigenvalue weighted by Crippen LogP contribution is 2.22. The minimum absolute atomic E-state index is 0.111. The van der Waals surface area contributed by atoms with Crippen molar-refractivity contribution in [1.29, 1.82) is 0 Å². The first-order valence-corrected chi connectivity index (χ1v) is 8.05. The lowest BCUT2D eigenvalue weighted by Crippen LogP contribution is -2.40. The molecular weight excluding hydrogens is 284 g/mol. The zero-order valence-corrected chi connectivity index (χ0v) is 13.4. The summed E-state index contributed by atoms with van der Waals surface area (Å²) in [5, 5.41) is 8.69. The van der Waals surface area contributed by atoms with E-state index in [9.17, 15) is 4.79 Å². The van der Waals surface area contributed by atoms with E-state index in [0.29, 0.717) is 5.92 Å². The summed E-state index contributed by atoms with van der Waals surface area (Å²) >= 11 is 1.40. The first-order chi connectivity index (χ1) is 10.1. The number of hydrogen-bond acceptors (Lipinski definition) is 4. The summed E-state index contributed by atoms with van der Waals surface area (Å²) in [6, 6.07) is 3.68. The Hall–Kier alpha value is -1.35. The number of rotatable bonds is 3. The van der Waals surface area contributed by atoms with Gasteiger partial charge in [-0.2, -0.15) is 0 Å². The molecule has 1 aromatic rings. The minimum Gasteiger partial charge on any atom is -0.384 e. The van der Waals surface area contributed by atoms with Gasteiger partial charge in [0.2, 0.25) is 0 Å². The summed E-state index contributed by atoms with van der Waals surface area (Å²) < 4.78 is 0. The quantitative estimate of drug-likeness (QED) is 0.861. The molecule has 1 aliphatic heterocycles. The summed E-state index contributed by atoms with van der Waals surface area (Å²) in [5.41, 5.74) is 0. The molecule has 114 valence electrons. The van der Waals surface area contributed by atoms with Gasteiger partial charge >= 0.3 is 0 Å². The fourth-order valence-corrected chi connectivity index (χ4v) is 3.49. The second-order valence-electron chi connectivity index (χ2n) is 5.62. The molecule has 2 heterocycles. The SMILES string of the molecule is CN(C)CC1CCN(C(=O)c2ccc(C#CCO)s2)CC1. The molecule has 4 nitrogen and oxygen atoms in total. The number of carbonyl (C=O) groups is 1. The summed E-state index contributed by atoms with van der Waals surface area (Å²) in [6.45, 7) is 2.63. The number of aliphatic hydroxyl groups is 1. The molecule has 1 aliphatic rings. The van der Waals surface area contributed by atoms with Gasteiger partial charge in [0.25, 0.3) is 5.91 Å². The third kappa shape index (κ3) is 4.57. The number of likely N-dealkylation sites (tertiary alicyclic amines) is 1. The average molecular weight is 306 g/mol. The molecular formula is C16H22N2O2S. The van der Waals surface area contributed by atoms with E-state index in [2.05, 4.69) is 30.8 Å². The first kappa shape index (κ1) is 16.0. The Labute approximate surface area is 130 Å². The molecule has 1 amide bonds. The third-order valence-corrected chi connectivity index (χ3v) is 4.62. The van der Waals surface area contributed by atoms with Crippen LogP contribution in [0.4, 0.5) is 0 Å². The van der Waals surface area contributed by atoms with Gasteiger partial charge in [-0.05, 0) is 45.0 Å². The fraction of sp³-hybridized carbons (Fsp3) is 0.562. The van der Waals surface area contributed by atoms with Crippen molar-refractivity contribution in [3.63, 3.8) is 0 Å². The highest BCUT2D eigenvalue weighted by molar-refractivity contribution is 7.14. The van der Waals surface area contributed by atoms with E-state index in [0.717, 1.165) is 42.2 Å². The van der Waals surface area contributed by atoms with Crippen LogP contribution < -0.4 is 0 Å². The van der Waals surface area contributed by atoms with E-state index in [-0.39, 0.29) is 12.5 Å².